The van der Waals surface area contributed by atoms with Crippen LogP contribution in [0.4, 0.5) is 0 Å². The molecule has 7 heteroatoms. The van der Waals surface area contributed by atoms with Crippen LogP contribution in [-0.2, 0) is 0 Å². The Hall–Kier alpha value is -1.73. The predicted octanol–water partition coefficient (Wildman–Crippen LogP) is 2.79. The Bertz CT molecular complexity index is 587. The van der Waals surface area contributed by atoms with Crippen LogP contribution in [0.15, 0.2) is 35.7 Å². The first kappa shape index (κ1) is 17.6. The zero-order valence-corrected chi connectivity index (χ0v) is 14.5. The molecule has 1 N–H and O–H groups in total. The van der Waals surface area contributed by atoms with E-state index in [1.165, 1.54) is 11.8 Å². The molecule has 6 nitrogen and oxygen atoms in total. The fraction of sp³-hybridized carbons (Fsp3) is 0.500. The molecule has 0 fully saturated rings. The van der Waals surface area contributed by atoms with Gasteiger partial charge in [0.1, 0.15) is 24.4 Å². The smallest absolute Gasteiger partial charge is 0.191 e. The molecule has 1 aromatic heterocycles. The first-order valence-corrected chi connectivity index (χ1v) is 8.64. The van der Waals surface area contributed by atoms with Crippen molar-refractivity contribution in [1.82, 2.24) is 14.8 Å². The lowest BCUT2D eigenvalue weighted by Crippen LogP contribution is -2.20. The van der Waals surface area contributed by atoms with Crippen molar-refractivity contribution in [1.29, 1.82) is 0 Å². The summed E-state index contributed by atoms with van der Waals surface area (Å²) < 4.78 is 12.9. The number of benzene rings is 1. The third kappa shape index (κ3) is 5.44. The lowest BCUT2D eigenvalue weighted by atomic mass is 10.3. The van der Waals surface area contributed by atoms with Crippen molar-refractivity contribution in [2.24, 2.45) is 0 Å². The highest BCUT2D eigenvalue weighted by atomic mass is 32.2. The van der Waals surface area contributed by atoms with Gasteiger partial charge in [0, 0.05) is 11.8 Å². The second kappa shape index (κ2) is 8.79. The van der Waals surface area contributed by atoms with E-state index in [0.29, 0.717) is 24.2 Å². The Balaban J connectivity index is 1.76. The fourth-order valence-corrected chi connectivity index (χ4v) is 2.85. The second-order valence-electron chi connectivity index (χ2n) is 5.29. The number of thioether (sulfide) groups is 1. The minimum atomic E-state index is -0.580. The fourth-order valence-electron chi connectivity index (χ4n) is 1.90. The third-order valence-electron chi connectivity index (χ3n) is 3.08. The Kier molecular flexibility index (Phi) is 6.73. The molecule has 1 atom stereocenters. The summed E-state index contributed by atoms with van der Waals surface area (Å²) >= 11 is 1.47. The molecule has 23 heavy (non-hydrogen) atoms. The van der Waals surface area contributed by atoms with Crippen LogP contribution in [0.5, 0.6) is 11.5 Å². The van der Waals surface area contributed by atoms with Crippen molar-refractivity contribution in [3.8, 4) is 11.5 Å². The van der Waals surface area contributed by atoms with Crippen LogP contribution >= 0.6 is 11.8 Å². The summed E-state index contributed by atoms with van der Waals surface area (Å²) in [5, 5.41) is 18.8. The Labute approximate surface area is 140 Å². The molecule has 1 aromatic carbocycles. The molecule has 2 aromatic rings. The number of ether oxygens (including phenoxy) is 2. The van der Waals surface area contributed by atoms with E-state index in [4.69, 9.17) is 9.47 Å². The molecule has 0 aliphatic heterocycles. The van der Waals surface area contributed by atoms with Crippen LogP contribution < -0.4 is 9.47 Å². The van der Waals surface area contributed by atoms with Gasteiger partial charge < -0.3 is 19.1 Å². The summed E-state index contributed by atoms with van der Waals surface area (Å²) in [7, 11) is 0. The Morgan fingerprint density at radius 3 is 2.43 bits per heavy atom. The Morgan fingerprint density at radius 2 is 1.83 bits per heavy atom. The zero-order valence-electron chi connectivity index (χ0n) is 13.7. The van der Waals surface area contributed by atoms with Gasteiger partial charge in [-0.25, -0.2) is 0 Å². The molecule has 0 spiro atoms. The number of aliphatic hydroxyl groups excluding tert-OH is 1. The van der Waals surface area contributed by atoms with Crippen molar-refractivity contribution >= 4 is 11.8 Å². The molecular weight excluding hydrogens is 314 g/mol. The minimum Gasteiger partial charge on any atom is -0.494 e. The highest BCUT2D eigenvalue weighted by Gasteiger charge is 2.12. The molecule has 0 aliphatic carbocycles. The van der Waals surface area contributed by atoms with E-state index in [0.717, 1.165) is 10.9 Å². The van der Waals surface area contributed by atoms with E-state index < -0.39 is 6.10 Å². The first-order chi connectivity index (χ1) is 11.1. The van der Waals surface area contributed by atoms with Gasteiger partial charge in [0.15, 0.2) is 5.16 Å². The van der Waals surface area contributed by atoms with Crippen LogP contribution in [0.25, 0.3) is 0 Å². The molecule has 0 amide bonds. The lowest BCUT2D eigenvalue weighted by Gasteiger charge is -2.13. The molecule has 126 valence electrons. The average Bonchev–Trinajstić information content (AvgIpc) is 3.01. The van der Waals surface area contributed by atoms with Crippen molar-refractivity contribution < 1.29 is 14.6 Å². The third-order valence-corrected chi connectivity index (χ3v) is 4.18. The zero-order chi connectivity index (χ0) is 16.7. The topological polar surface area (TPSA) is 69.4 Å². The summed E-state index contributed by atoms with van der Waals surface area (Å²) in [4.78, 5) is 0. The Morgan fingerprint density at radius 1 is 1.17 bits per heavy atom. The quantitative estimate of drug-likeness (QED) is 0.710. The highest BCUT2D eigenvalue weighted by Crippen LogP contribution is 2.21. The summed E-state index contributed by atoms with van der Waals surface area (Å²) in [5.41, 5.74) is 0. The van der Waals surface area contributed by atoms with Crippen molar-refractivity contribution in [2.45, 2.75) is 38.1 Å². The van der Waals surface area contributed by atoms with Gasteiger partial charge in [0.05, 0.1) is 12.7 Å². The number of hydrogen-bond acceptors (Lipinski definition) is 6. The van der Waals surface area contributed by atoms with Gasteiger partial charge in [0.2, 0.25) is 0 Å². The summed E-state index contributed by atoms with van der Waals surface area (Å²) in [6.45, 7) is 6.95. The molecule has 0 aliphatic rings. The average molecular weight is 337 g/mol. The SMILES string of the molecule is CCOc1ccc(OCC(O)CSc2nncn2C(C)C)cc1. The van der Waals surface area contributed by atoms with Gasteiger partial charge in [0.25, 0.3) is 0 Å². The van der Waals surface area contributed by atoms with Crippen LogP contribution in [0.2, 0.25) is 0 Å². The van der Waals surface area contributed by atoms with Gasteiger partial charge in [-0.15, -0.1) is 10.2 Å². The molecule has 0 bridgehead atoms. The monoisotopic (exact) mass is 337 g/mol. The van der Waals surface area contributed by atoms with Crippen molar-refractivity contribution in [3.05, 3.63) is 30.6 Å². The van der Waals surface area contributed by atoms with Gasteiger partial charge in [-0.1, -0.05) is 11.8 Å². The maximum absolute atomic E-state index is 10.0. The van der Waals surface area contributed by atoms with Crippen LogP contribution in [0.1, 0.15) is 26.8 Å². The maximum Gasteiger partial charge on any atom is 0.191 e. The molecular formula is C16H23N3O3S. The van der Waals surface area contributed by atoms with E-state index in [1.54, 1.807) is 6.33 Å². The molecule has 0 saturated heterocycles. The molecule has 0 radical (unpaired) electrons. The van der Waals surface area contributed by atoms with E-state index >= 15 is 0 Å². The maximum atomic E-state index is 10.0. The first-order valence-electron chi connectivity index (χ1n) is 7.66. The highest BCUT2D eigenvalue weighted by molar-refractivity contribution is 7.99. The van der Waals surface area contributed by atoms with E-state index in [1.807, 2.05) is 35.8 Å². The van der Waals surface area contributed by atoms with Gasteiger partial charge in [-0.3, -0.25) is 0 Å². The molecule has 2 rings (SSSR count). The van der Waals surface area contributed by atoms with Crippen molar-refractivity contribution in [3.63, 3.8) is 0 Å². The molecule has 1 unspecified atom stereocenters. The normalized spacial score (nSPS) is 12.4. The van der Waals surface area contributed by atoms with Crippen molar-refractivity contribution in [2.75, 3.05) is 19.0 Å². The number of aliphatic hydroxyl groups is 1. The number of hydrogen-bond donors (Lipinski definition) is 1. The van der Waals surface area contributed by atoms with Crippen LogP contribution in [0, 0.1) is 0 Å². The van der Waals surface area contributed by atoms with Gasteiger partial charge in [-0.05, 0) is 45.0 Å². The number of nitrogens with zero attached hydrogens (tertiary/aromatic N) is 3. The summed E-state index contributed by atoms with van der Waals surface area (Å²) in [6, 6.07) is 7.67. The largest absolute Gasteiger partial charge is 0.494 e. The minimum absolute atomic E-state index is 0.233. The predicted molar refractivity (Wildman–Crippen MR) is 90.2 cm³/mol. The summed E-state index contributed by atoms with van der Waals surface area (Å²) in [6.07, 6.45) is 1.12. The van der Waals surface area contributed by atoms with E-state index in [-0.39, 0.29) is 6.61 Å². The number of rotatable bonds is 9. The van der Waals surface area contributed by atoms with Crippen LogP contribution in [0.3, 0.4) is 0 Å². The molecule has 0 saturated carbocycles. The lowest BCUT2D eigenvalue weighted by molar-refractivity contribution is 0.126. The second-order valence-corrected chi connectivity index (χ2v) is 6.28. The standard InChI is InChI=1S/C16H23N3O3S/c1-4-21-14-5-7-15(8-6-14)22-9-13(20)10-23-16-18-17-11-19(16)12(2)3/h5-8,11-13,20H,4,9-10H2,1-3H3. The van der Waals surface area contributed by atoms with E-state index in [9.17, 15) is 5.11 Å². The molecule has 1 heterocycles. The number of aromatic nitrogens is 3. The van der Waals surface area contributed by atoms with Crippen LogP contribution in [-0.4, -0.2) is 44.9 Å². The summed E-state index contributed by atoms with van der Waals surface area (Å²) in [5.74, 6) is 2.02. The van der Waals surface area contributed by atoms with E-state index in [2.05, 4.69) is 24.0 Å². The van der Waals surface area contributed by atoms with Gasteiger partial charge >= 0.3 is 0 Å². The van der Waals surface area contributed by atoms with Gasteiger partial charge in [-0.2, -0.15) is 0 Å².